The first kappa shape index (κ1) is 11.3. The number of nitrogens with one attached hydrogen (secondary N) is 1. The molecule has 1 heterocycles. The van der Waals surface area contributed by atoms with E-state index in [4.69, 9.17) is 14.6 Å². The summed E-state index contributed by atoms with van der Waals surface area (Å²) in [6.07, 6.45) is -0.758. The number of ether oxygens (including phenoxy) is 2. The molecule has 1 aliphatic heterocycles. The van der Waals surface area contributed by atoms with Gasteiger partial charge in [-0.25, -0.2) is 4.79 Å². The van der Waals surface area contributed by atoms with Crippen LogP contribution in [0.2, 0.25) is 0 Å². The van der Waals surface area contributed by atoms with Crippen LogP contribution in [-0.4, -0.2) is 42.2 Å². The van der Waals surface area contributed by atoms with Gasteiger partial charge < -0.3 is 19.9 Å². The molecular formula is C9H17NO4. The number of alkyl carbamates (subject to hydrolysis) is 1. The van der Waals surface area contributed by atoms with Crippen molar-refractivity contribution in [1.29, 1.82) is 0 Å². The van der Waals surface area contributed by atoms with Gasteiger partial charge in [-0.15, -0.1) is 0 Å². The summed E-state index contributed by atoms with van der Waals surface area (Å²) in [7, 11) is 0. The monoisotopic (exact) mass is 203 g/mol. The molecular weight excluding hydrogens is 186 g/mol. The summed E-state index contributed by atoms with van der Waals surface area (Å²) in [5.41, 5.74) is -0.497. The van der Waals surface area contributed by atoms with Crippen molar-refractivity contribution in [3.8, 4) is 0 Å². The van der Waals surface area contributed by atoms with Gasteiger partial charge in [-0.1, -0.05) is 0 Å². The number of carbonyl (C=O) groups is 1. The quantitative estimate of drug-likeness (QED) is 0.676. The SMILES string of the molecule is CC(C)(C)OC(=O)N[C@H]1CO[C@H]1CO. The predicted octanol–water partition coefficient (Wildman–Crippen LogP) is 0.271. The Hall–Kier alpha value is -0.810. The fourth-order valence-electron chi connectivity index (χ4n) is 1.10. The van der Waals surface area contributed by atoms with E-state index in [0.29, 0.717) is 6.61 Å². The van der Waals surface area contributed by atoms with E-state index in [-0.39, 0.29) is 18.8 Å². The van der Waals surface area contributed by atoms with E-state index in [2.05, 4.69) is 5.32 Å². The third-order valence-corrected chi connectivity index (χ3v) is 1.82. The van der Waals surface area contributed by atoms with E-state index in [9.17, 15) is 4.79 Å². The molecule has 2 N–H and O–H groups in total. The molecule has 14 heavy (non-hydrogen) atoms. The van der Waals surface area contributed by atoms with E-state index in [1.165, 1.54) is 0 Å². The molecule has 0 bridgehead atoms. The van der Waals surface area contributed by atoms with Crippen LogP contribution in [0.4, 0.5) is 4.79 Å². The molecule has 0 radical (unpaired) electrons. The van der Waals surface area contributed by atoms with Crippen molar-refractivity contribution in [2.45, 2.75) is 38.5 Å². The first-order chi connectivity index (χ1) is 6.42. The molecule has 1 aliphatic rings. The van der Waals surface area contributed by atoms with Crippen molar-refractivity contribution >= 4 is 6.09 Å². The number of carbonyl (C=O) groups excluding carboxylic acids is 1. The number of aliphatic hydroxyl groups is 1. The summed E-state index contributed by atoms with van der Waals surface area (Å²) >= 11 is 0. The van der Waals surface area contributed by atoms with E-state index in [1.54, 1.807) is 20.8 Å². The van der Waals surface area contributed by atoms with E-state index < -0.39 is 11.7 Å². The smallest absolute Gasteiger partial charge is 0.408 e. The molecule has 0 aromatic carbocycles. The molecule has 0 aliphatic carbocycles. The molecule has 0 saturated carbocycles. The lowest BCUT2D eigenvalue weighted by atomic mass is 10.1. The molecule has 5 heteroatoms. The molecule has 0 unspecified atom stereocenters. The second-order valence-corrected chi connectivity index (χ2v) is 4.31. The number of amides is 1. The second kappa shape index (κ2) is 4.14. The Morgan fingerprint density at radius 3 is 2.64 bits per heavy atom. The summed E-state index contributed by atoms with van der Waals surface area (Å²) in [6, 6.07) is -0.130. The molecule has 0 spiro atoms. The zero-order valence-corrected chi connectivity index (χ0v) is 8.74. The minimum Gasteiger partial charge on any atom is -0.444 e. The van der Waals surface area contributed by atoms with E-state index in [0.717, 1.165) is 0 Å². The maximum Gasteiger partial charge on any atom is 0.408 e. The van der Waals surface area contributed by atoms with Gasteiger partial charge in [0.1, 0.15) is 11.7 Å². The Bertz CT molecular complexity index is 209. The summed E-state index contributed by atoms with van der Waals surface area (Å²) in [6.45, 7) is 5.75. The topological polar surface area (TPSA) is 67.8 Å². The van der Waals surface area contributed by atoms with Gasteiger partial charge in [-0.3, -0.25) is 0 Å². The van der Waals surface area contributed by atoms with Crippen LogP contribution in [0.1, 0.15) is 20.8 Å². The molecule has 2 atom stereocenters. The normalized spacial score (nSPS) is 26.6. The number of hydrogen-bond acceptors (Lipinski definition) is 4. The van der Waals surface area contributed by atoms with Crippen LogP contribution >= 0.6 is 0 Å². The molecule has 1 saturated heterocycles. The Kier molecular flexibility index (Phi) is 3.34. The highest BCUT2D eigenvalue weighted by atomic mass is 16.6. The predicted molar refractivity (Wildman–Crippen MR) is 50.0 cm³/mol. The van der Waals surface area contributed by atoms with Crippen molar-refractivity contribution < 1.29 is 19.4 Å². The Morgan fingerprint density at radius 2 is 2.29 bits per heavy atom. The van der Waals surface area contributed by atoms with Crippen LogP contribution in [-0.2, 0) is 9.47 Å². The zero-order valence-electron chi connectivity index (χ0n) is 8.74. The van der Waals surface area contributed by atoms with Crippen LogP contribution < -0.4 is 5.32 Å². The molecule has 5 nitrogen and oxygen atoms in total. The lowest BCUT2D eigenvalue weighted by Gasteiger charge is -2.36. The number of hydrogen-bond donors (Lipinski definition) is 2. The minimum atomic E-state index is -0.497. The fourth-order valence-corrected chi connectivity index (χ4v) is 1.10. The maximum atomic E-state index is 11.3. The van der Waals surface area contributed by atoms with Gasteiger partial charge >= 0.3 is 6.09 Å². The van der Waals surface area contributed by atoms with Gasteiger partial charge in [0, 0.05) is 0 Å². The third kappa shape index (κ3) is 3.16. The van der Waals surface area contributed by atoms with Crippen LogP contribution in [0.3, 0.4) is 0 Å². The Balaban J connectivity index is 2.27. The van der Waals surface area contributed by atoms with Crippen molar-refractivity contribution in [2.24, 2.45) is 0 Å². The van der Waals surface area contributed by atoms with Crippen LogP contribution in [0, 0.1) is 0 Å². The average molecular weight is 203 g/mol. The molecule has 1 fully saturated rings. The molecule has 1 rings (SSSR count). The fraction of sp³-hybridized carbons (Fsp3) is 0.889. The molecule has 0 aromatic heterocycles. The second-order valence-electron chi connectivity index (χ2n) is 4.31. The number of aliphatic hydroxyl groups excluding tert-OH is 1. The molecule has 82 valence electrons. The first-order valence-electron chi connectivity index (χ1n) is 4.64. The summed E-state index contributed by atoms with van der Waals surface area (Å²) in [4.78, 5) is 11.3. The van der Waals surface area contributed by atoms with Gasteiger partial charge in [-0.2, -0.15) is 0 Å². The average Bonchev–Trinajstić information content (AvgIpc) is 1.96. The molecule has 0 aromatic rings. The van der Waals surface area contributed by atoms with Crippen LogP contribution in [0.15, 0.2) is 0 Å². The van der Waals surface area contributed by atoms with Crippen LogP contribution in [0.25, 0.3) is 0 Å². The lowest BCUT2D eigenvalue weighted by Crippen LogP contribution is -2.58. The number of rotatable bonds is 2. The first-order valence-corrected chi connectivity index (χ1v) is 4.64. The Morgan fingerprint density at radius 1 is 1.64 bits per heavy atom. The lowest BCUT2D eigenvalue weighted by molar-refractivity contribution is -0.109. The van der Waals surface area contributed by atoms with Crippen molar-refractivity contribution in [1.82, 2.24) is 5.32 Å². The van der Waals surface area contributed by atoms with E-state index >= 15 is 0 Å². The summed E-state index contributed by atoms with van der Waals surface area (Å²) < 4.78 is 10.1. The van der Waals surface area contributed by atoms with Crippen molar-refractivity contribution in [2.75, 3.05) is 13.2 Å². The van der Waals surface area contributed by atoms with Gasteiger partial charge in [0.05, 0.1) is 19.3 Å². The van der Waals surface area contributed by atoms with Crippen LogP contribution in [0.5, 0.6) is 0 Å². The maximum absolute atomic E-state index is 11.3. The highest BCUT2D eigenvalue weighted by Crippen LogP contribution is 2.13. The van der Waals surface area contributed by atoms with E-state index in [1.807, 2.05) is 0 Å². The zero-order chi connectivity index (χ0) is 10.8. The largest absolute Gasteiger partial charge is 0.444 e. The summed E-state index contributed by atoms with van der Waals surface area (Å²) in [5, 5.41) is 11.4. The van der Waals surface area contributed by atoms with Gasteiger partial charge in [-0.05, 0) is 20.8 Å². The summed E-state index contributed by atoms with van der Waals surface area (Å²) in [5.74, 6) is 0. The molecule has 1 amide bonds. The third-order valence-electron chi connectivity index (χ3n) is 1.82. The highest BCUT2D eigenvalue weighted by Gasteiger charge is 2.33. The van der Waals surface area contributed by atoms with Crippen molar-refractivity contribution in [3.05, 3.63) is 0 Å². The van der Waals surface area contributed by atoms with Gasteiger partial charge in [0.2, 0.25) is 0 Å². The Labute approximate surface area is 83.4 Å². The van der Waals surface area contributed by atoms with Gasteiger partial charge in [0.15, 0.2) is 0 Å². The highest BCUT2D eigenvalue weighted by molar-refractivity contribution is 5.68. The van der Waals surface area contributed by atoms with Gasteiger partial charge in [0.25, 0.3) is 0 Å². The minimum absolute atomic E-state index is 0.0829. The standard InChI is InChI=1S/C9H17NO4/c1-9(2,3)14-8(12)10-6-5-13-7(6)4-11/h6-7,11H,4-5H2,1-3H3,(H,10,12)/t6-,7-/m0/s1. The van der Waals surface area contributed by atoms with Crippen molar-refractivity contribution in [3.63, 3.8) is 0 Å².